The van der Waals surface area contributed by atoms with Crippen LogP contribution in [0.15, 0.2) is 31.1 Å². The van der Waals surface area contributed by atoms with Crippen LogP contribution < -0.4 is 15.4 Å². The maximum absolute atomic E-state index is 12.7. The van der Waals surface area contributed by atoms with Gasteiger partial charge in [-0.2, -0.15) is 5.10 Å². The fourth-order valence-corrected chi connectivity index (χ4v) is 3.06. The molecule has 3 heterocycles. The number of hydrogen-bond donors (Lipinski definition) is 3. The number of rotatable bonds is 8. The summed E-state index contributed by atoms with van der Waals surface area (Å²) in [7, 11) is 3.11. The average molecular weight is 453 g/mol. The molecule has 13 nitrogen and oxygen atoms in total. The van der Waals surface area contributed by atoms with Crippen LogP contribution in [-0.4, -0.2) is 71.9 Å². The predicted octanol–water partition coefficient (Wildman–Crippen LogP) is 1.30. The maximum atomic E-state index is 12.7. The molecule has 172 valence electrons. The lowest BCUT2D eigenvalue weighted by Gasteiger charge is -2.17. The molecule has 0 aromatic carbocycles. The number of ether oxygens (including phenoxy) is 1. The molecule has 3 aromatic heterocycles. The van der Waals surface area contributed by atoms with Crippen molar-refractivity contribution in [2.75, 3.05) is 30.8 Å². The van der Waals surface area contributed by atoms with Gasteiger partial charge in [-0.15, -0.1) is 0 Å². The quantitative estimate of drug-likeness (QED) is 0.453. The maximum Gasteiger partial charge on any atom is 0.418 e. The van der Waals surface area contributed by atoms with Crippen molar-refractivity contribution in [1.29, 1.82) is 0 Å². The molecule has 1 aliphatic carbocycles. The number of carbonyl (C=O) groups is 2. The first-order valence-corrected chi connectivity index (χ1v) is 10.2. The van der Waals surface area contributed by atoms with E-state index in [4.69, 9.17) is 9.84 Å². The minimum absolute atomic E-state index is 0.0186. The Bertz CT molecular complexity index is 1150. The molecule has 0 unspecified atom stereocenters. The number of anilines is 3. The minimum atomic E-state index is -0.864. The summed E-state index contributed by atoms with van der Waals surface area (Å²) in [5.41, 5.74) is 1.58. The summed E-state index contributed by atoms with van der Waals surface area (Å²) in [6, 6.07) is 0. The van der Waals surface area contributed by atoms with Gasteiger partial charge in [0.2, 0.25) is 0 Å². The van der Waals surface area contributed by atoms with E-state index in [0.29, 0.717) is 11.6 Å². The van der Waals surface area contributed by atoms with Gasteiger partial charge in [0.05, 0.1) is 48.5 Å². The van der Waals surface area contributed by atoms with Crippen LogP contribution in [-0.2, 0) is 7.05 Å². The largest absolute Gasteiger partial charge is 0.418 e. The molecule has 13 heteroatoms. The van der Waals surface area contributed by atoms with Gasteiger partial charge in [0, 0.05) is 26.6 Å². The normalized spacial score (nSPS) is 12.8. The molecule has 3 aromatic rings. The van der Waals surface area contributed by atoms with Crippen molar-refractivity contribution in [2.24, 2.45) is 7.05 Å². The number of hydrogen-bond acceptors (Lipinski definition) is 10. The van der Waals surface area contributed by atoms with E-state index in [1.54, 1.807) is 25.6 Å². The molecule has 0 radical (unpaired) electrons. The topological polar surface area (TPSA) is 160 Å². The minimum Gasteiger partial charge on any atom is -0.395 e. The van der Waals surface area contributed by atoms with Gasteiger partial charge in [0.15, 0.2) is 5.82 Å². The summed E-state index contributed by atoms with van der Waals surface area (Å²) in [6.45, 7) is -0.0567. The number of amides is 2. The monoisotopic (exact) mass is 453 g/mol. The number of aryl methyl sites for hydroxylation is 1. The molecular weight excluding hydrogens is 430 g/mol. The summed E-state index contributed by atoms with van der Waals surface area (Å²) in [5.74, 6) is 0.0763. The van der Waals surface area contributed by atoms with Crippen LogP contribution in [0.3, 0.4) is 0 Å². The SMILES string of the molecule is CN(CCO)C(=O)c1c(NC(=O)Oc2nc(C3CC3)cnc2Nc2cncnc2)cnn1C. The Balaban J connectivity index is 1.54. The van der Waals surface area contributed by atoms with E-state index in [1.165, 1.54) is 29.2 Å². The second kappa shape index (κ2) is 9.56. The van der Waals surface area contributed by atoms with Crippen LogP contribution in [0.4, 0.5) is 22.0 Å². The molecule has 0 atom stereocenters. The Morgan fingerprint density at radius 2 is 2.00 bits per heavy atom. The standard InChI is InChI=1S/C20H23N9O4/c1-28(5-6-30)19(31)16-15(10-24-29(16)2)27-20(32)33-18-17(25-13-7-21-11-22-8-13)23-9-14(26-18)12-3-4-12/h7-12,30H,3-6H2,1-2H3,(H,23,25)(H,27,32). The Labute approximate surface area is 188 Å². The number of nitrogens with one attached hydrogen (secondary N) is 2. The highest BCUT2D eigenvalue weighted by atomic mass is 16.6. The van der Waals surface area contributed by atoms with E-state index in [1.807, 2.05) is 0 Å². The van der Waals surface area contributed by atoms with E-state index in [2.05, 4.69) is 35.7 Å². The van der Waals surface area contributed by atoms with Gasteiger partial charge in [-0.25, -0.2) is 24.7 Å². The fraction of sp³-hybridized carbons (Fsp3) is 0.350. The fourth-order valence-electron chi connectivity index (χ4n) is 3.06. The average Bonchev–Trinajstić information content (AvgIpc) is 3.59. The third-order valence-electron chi connectivity index (χ3n) is 4.93. The van der Waals surface area contributed by atoms with Gasteiger partial charge in [0.1, 0.15) is 12.0 Å². The number of carbonyl (C=O) groups excluding carboxylic acids is 2. The third kappa shape index (κ3) is 5.20. The number of likely N-dealkylation sites (N-methyl/N-ethyl adjacent to an activating group) is 1. The summed E-state index contributed by atoms with van der Waals surface area (Å²) in [6.07, 6.45) is 8.61. The predicted molar refractivity (Wildman–Crippen MR) is 116 cm³/mol. The Morgan fingerprint density at radius 1 is 1.24 bits per heavy atom. The van der Waals surface area contributed by atoms with E-state index in [0.717, 1.165) is 18.5 Å². The Hall–Kier alpha value is -4.13. The van der Waals surface area contributed by atoms with Crippen molar-refractivity contribution < 1.29 is 19.4 Å². The molecule has 0 saturated heterocycles. The lowest BCUT2D eigenvalue weighted by molar-refractivity contribution is 0.0757. The van der Waals surface area contributed by atoms with Crippen molar-refractivity contribution >= 4 is 29.2 Å². The molecule has 0 bridgehead atoms. The first kappa shape index (κ1) is 22.1. The van der Waals surface area contributed by atoms with Crippen LogP contribution in [0.5, 0.6) is 5.88 Å². The van der Waals surface area contributed by atoms with E-state index >= 15 is 0 Å². The van der Waals surface area contributed by atoms with Crippen LogP contribution >= 0.6 is 0 Å². The van der Waals surface area contributed by atoms with E-state index in [-0.39, 0.29) is 36.2 Å². The van der Waals surface area contributed by atoms with Crippen molar-refractivity contribution in [1.82, 2.24) is 34.6 Å². The molecule has 0 spiro atoms. The lowest BCUT2D eigenvalue weighted by atomic mass is 10.3. The number of aromatic nitrogens is 6. The van der Waals surface area contributed by atoms with Gasteiger partial charge < -0.3 is 20.1 Å². The van der Waals surface area contributed by atoms with Crippen LogP contribution in [0.1, 0.15) is 34.9 Å². The first-order valence-electron chi connectivity index (χ1n) is 10.2. The van der Waals surface area contributed by atoms with Gasteiger partial charge >= 0.3 is 6.09 Å². The molecule has 0 aliphatic heterocycles. The lowest BCUT2D eigenvalue weighted by Crippen LogP contribution is -2.32. The second-order valence-corrected chi connectivity index (χ2v) is 7.47. The number of aliphatic hydroxyl groups excluding tert-OH is 1. The summed E-state index contributed by atoms with van der Waals surface area (Å²) in [5, 5.41) is 18.7. The smallest absolute Gasteiger partial charge is 0.395 e. The number of aliphatic hydroxyl groups is 1. The zero-order chi connectivity index (χ0) is 23.4. The molecule has 2 amide bonds. The van der Waals surface area contributed by atoms with Crippen LogP contribution in [0.25, 0.3) is 0 Å². The zero-order valence-electron chi connectivity index (χ0n) is 18.1. The van der Waals surface area contributed by atoms with Gasteiger partial charge in [0.25, 0.3) is 11.8 Å². The Morgan fingerprint density at radius 3 is 2.70 bits per heavy atom. The third-order valence-corrected chi connectivity index (χ3v) is 4.93. The second-order valence-electron chi connectivity index (χ2n) is 7.47. The highest BCUT2D eigenvalue weighted by Crippen LogP contribution is 2.40. The van der Waals surface area contributed by atoms with Crippen molar-refractivity contribution in [3.05, 3.63) is 42.5 Å². The van der Waals surface area contributed by atoms with Crippen molar-refractivity contribution in [3.8, 4) is 5.88 Å². The molecule has 4 rings (SSSR count). The van der Waals surface area contributed by atoms with Gasteiger partial charge in [-0.1, -0.05) is 0 Å². The molecular formula is C20H23N9O4. The number of nitrogens with zero attached hydrogens (tertiary/aromatic N) is 7. The molecule has 1 saturated carbocycles. The first-order chi connectivity index (χ1) is 16.0. The Kier molecular flexibility index (Phi) is 6.40. The van der Waals surface area contributed by atoms with Gasteiger partial charge in [-0.3, -0.25) is 14.8 Å². The van der Waals surface area contributed by atoms with Crippen molar-refractivity contribution in [3.63, 3.8) is 0 Å². The molecule has 33 heavy (non-hydrogen) atoms. The van der Waals surface area contributed by atoms with Crippen molar-refractivity contribution in [2.45, 2.75) is 18.8 Å². The summed E-state index contributed by atoms with van der Waals surface area (Å²) in [4.78, 5) is 43.4. The molecule has 1 aliphatic rings. The molecule has 1 fully saturated rings. The summed E-state index contributed by atoms with van der Waals surface area (Å²) < 4.78 is 6.80. The van der Waals surface area contributed by atoms with Crippen LogP contribution in [0.2, 0.25) is 0 Å². The van der Waals surface area contributed by atoms with E-state index < -0.39 is 12.0 Å². The summed E-state index contributed by atoms with van der Waals surface area (Å²) >= 11 is 0. The zero-order valence-corrected chi connectivity index (χ0v) is 18.1. The van der Waals surface area contributed by atoms with E-state index in [9.17, 15) is 9.59 Å². The van der Waals surface area contributed by atoms with Crippen LogP contribution in [0, 0.1) is 0 Å². The molecule has 3 N–H and O–H groups in total. The highest BCUT2D eigenvalue weighted by Gasteiger charge is 2.28. The highest BCUT2D eigenvalue weighted by molar-refractivity contribution is 6.01. The van der Waals surface area contributed by atoms with Gasteiger partial charge in [-0.05, 0) is 12.8 Å².